The molecule has 0 unspecified atom stereocenters. The normalized spacial score (nSPS) is 9.70. The zero-order chi connectivity index (χ0) is 14.4. The Morgan fingerprint density at radius 1 is 1.40 bits per heavy atom. The number of rotatable bonds is 3. The molecule has 2 heterocycles. The van der Waals surface area contributed by atoms with Crippen LogP contribution in [-0.2, 0) is 6.42 Å². The van der Waals surface area contributed by atoms with Gasteiger partial charge in [0.1, 0.15) is 11.5 Å². The van der Waals surface area contributed by atoms with E-state index in [2.05, 4.69) is 29.1 Å². The quantitative estimate of drug-likeness (QED) is 0.850. The maximum absolute atomic E-state index is 12.1. The van der Waals surface area contributed by atoms with Crippen LogP contribution in [0.1, 0.15) is 27.2 Å². The molecule has 0 aliphatic rings. The average molecular weight is 285 g/mol. The number of aryl methyl sites for hydroxylation is 1. The Morgan fingerprint density at radius 3 is 2.95 bits per heavy atom. The van der Waals surface area contributed by atoms with Crippen LogP contribution in [0.3, 0.4) is 0 Å². The van der Waals surface area contributed by atoms with Crippen molar-refractivity contribution in [2.75, 3.05) is 11.9 Å². The molecule has 0 fully saturated rings. The molecule has 0 bridgehead atoms. The first-order valence-electron chi connectivity index (χ1n) is 6.29. The molecule has 1 amide bonds. The fourth-order valence-electron chi connectivity index (χ4n) is 1.58. The first-order valence-corrected chi connectivity index (χ1v) is 7.10. The molecule has 2 aromatic rings. The molecule has 3 N–H and O–H groups in total. The number of hydrogen-bond acceptors (Lipinski definition) is 4. The van der Waals surface area contributed by atoms with Crippen LogP contribution in [0.4, 0.5) is 5.82 Å². The molecule has 20 heavy (non-hydrogen) atoms. The fourth-order valence-corrected chi connectivity index (χ4v) is 2.43. The third-order valence-electron chi connectivity index (χ3n) is 2.54. The first-order chi connectivity index (χ1) is 9.72. The topological polar surface area (TPSA) is 68.0 Å². The number of thiophene rings is 1. The van der Waals surface area contributed by atoms with Gasteiger partial charge in [-0.2, -0.15) is 0 Å². The second-order valence-electron chi connectivity index (χ2n) is 3.99. The van der Waals surface area contributed by atoms with Crippen LogP contribution < -0.4 is 11.1 Å². The highest BCUT2D eigenvalue weighted by molar-refractivity contribution is 7.14. The number of nitrogens with zero attached hydrogens (tertiary/aromatic N) is 1. The van der Waals surface area contributed by atoms with Gasteiger partial charge in [-0.05, 0) is 36.6 Å². The van der Waals surface area contributed by atoms with Gasteiger partial charge in [0.05, 0.1) is 11.4 Å². The summed E-state index contributed by atoms with van der Waals surface area (Å²) in [5.74, 6) is 5.91. The SMILES string of the molecule is CCc1ccc(C(=O)Nc2cccc(C#CCN)n2)s1. The molecule has 0 aliphatic carbocycles. The summed E-state index contributed by atoms with van der Waals surface area (Å²) in [6.07, 6.45) is 0.931. The van der Waals surface area contributed by atoms with E-state index in [0.29, 0.717) is 16.4 Å². The molecule has 4 nitrogen and oxygen atoms in total. The van der Waals surface area contributed by atoms with E-state index in [9.17, 15) is 4.79 Å². The van der Waals surface area contributed by atoms with Crippen LogP contribution in [-0.4, -0.2) is 17.4 Å². The third-order valence-corrected chi connectivity index (χ3v) is 3.77. The number of nitrogens with one attached hydrogen (secondary N) is 1. The van der Waals surface area contributed by atoms with E-state index >= 15 is 0 Å². The van der Waals surface area contributed by atoms with Gasteiger partial charge in [-0.3, -0.25) is 4.79 Å². The molecule has 2 aromatic heterocycles. The van der Waals surface area contributed by atoms with E-state index in [-0.39, 0.29) is 12.5 Å². The van der Waals surface area contributed by atoms with Crippen molar-refractivity contribution in [3.8, 4) is 11.8 Å². The van der Waals surface area contributed by atoms with Crippen LogP contribution in [0, 0.1) is 11.8 Å². The molecule has 5 heteroatoms. The van der Waals surface area contributed by atoms with Gasteiger partial charge in [0, 0.05) is 4.88 Å². The Balaban J connectivity index is 2.11. The Kier molecular flexibility index (Phi) is 4.88. The number of pyridine rings is 1. The highest BCUT2D eigenvalue weighted by atomic mass is 32.1. The van der Waals surface area contributed by atoms with Crippen molar-refractivity contribution >= 4 is 23.1 Å². The maximum atomic E-state index is 12.1. The largest absolute Gasteiger partial charge is 0.320 e. The standard InChI is InChI=1S/C15H15N3OS/c1-2-12-8-9-13(20-12)15(19)18-14-7-3-5-11(17-14)6-4-10-16/h3,5,7-9H,2,10,16H2,1H3,(H,17,18,19). The molecule has 0 radical (unpaired) electrons. The third kappa shape index (κ3) is 3.67. The van der Waals surface area contributed by atoms with Crippen molar-refractivity contribution in [2.45, 2.75) is 13.3 Å². The number of aromatic nitrogens is 1. The van der Waals surface area contributed by atoms with Crippen LogP contribution in [0.15, 0.2) is 30.3 Å². The fraction of sp³-hybridized carbons (Fsp3) is 0.200. The van der Waals surface area contributed by atoms with Crippen LogP contribution in [0.25, 0.3) is 0 Å². The van der Waals surface area contributed by atoms with Crippen LogP contribution >= 0.6 is 11.3 Å². The molecule has 0 aromatic carbocycles. The Bertz CT molecular complexity index is 667. The summed E-state index contributed by atoms with van der Waals surface area (Å²) in [7, 11) is 0. The van der Waals surface area contributed by atoms with E-state index < -0.39 is 0 Å². The molecule has 102 valence electrons. The van der Waals surface area contributed by atoms with Gasteiger partial charge in [0.15, 0.2) is 0 Å². The van der Waals surface area contributed by atoms with E-state index in [0.717, 1.165) is 6.42 Å². The number of hydrogen-bond donors (Lipinski definition) is 2. The molecule has 0 atom stereocenters. The van der Waals surface area contributed by atoms with Gasteiger partial charge in [0.25, 0.3) is 5.91 Å². The zero-order valence-electron chi connectivity index (χ0n) is 11.1. The van der Waals surface area contributed by atoms with Gasteiger partial charge in [-0.15, -0.1) is 11.3 Å². The van der Waals surface area contributed by atoms with E-state index in [4.69, 9.17) is 5.73 Å². The lowest BCUT2D eigenvalue weighted by Gasteiger charge is -2.02. The number of carbonyl (C=O) groups excluding carboxylic acids is 1. The first kappa shape index (κ1) is 14.3. The molecule has 2 rings (SSSR count). The number of anilines is 1. The van der Waals surface area contributed by atoms with E-state index in [1.807, 2.05) is 12.1 Å². The van der Waals surface area contributed by atoms with E-state index in [1.165, 1.54) is 16.2 Å². The lowest BCUT2D eigenvalue weighted by Crippen LogP contribution is -2.11. The number of nitrogens with two attached hydrogens (primary N) is 1. The van der Waals surface area contributed by atoms with Crippen molar-refractivity contribution in [3.63, 3.8) is 0 Å². The van der Waals surface area contributed by atoms with Crippen molar-refractivity contribution in [1.82, 2.24) is 4.98 Å². The number of carbonyl (C=O) groups is 1. The summed E-state index contributed by atoms with van der Waals surface area (Å²) in [6, 6.07) is 9.11. The molecule has 0 spiro atoms. The summed E-state index contributed by atoms with van der Waals surface area (Å²) in [5.41, 5.74) is 5.91. The molecule has 0 saturated heterocycles. The minimum Gasteiger partial charge on any atom is -0.320 e. The zero-order valence-corrected chi connectivity index (χ0v) is 12.0. The second kappa shape index (κ2) is 6.85. The monoisotopic (exact) mass is 285 g/mol. The Morgan fingerprint density at radius 2 is 2.25 bits per heavy atom. The van der Waals surface area contributed by atoms with Gasteiger partial charge in [-0.1, -0.05) is 18.9 Å². The Hall–Kier alpha value is -2.16. The van der Waals surface area contributed by atoms with E-state index in [1.54, 1.807) is 18.2 Å². The maximum Gasteiger partial charge on any atom is 0.266 e. The highest BCUT2D eigenvalue weighted by Gasteiger charge is 2.09. The summed E-state index contributed by atoms with van der Waals surface area (Å²) < 4.78 is 0. The summed E-state index contributed by atoms with van der Waals surface area (Å²) in [4.78, 5) is 18.2. The van der Waals surface area contributed by atoms with Crippen LogP contribution in [0.2, 0.25) is 0 Å². The van der Waals surface area contributed by atoms with Gasteiger partial charge in [-0.25, -0.2) is 4.98 Å². The van der Waals surface area contributed by atoms with Crippen molar-refractivity contribution in [3.05, 3.63) is 45.8 Å². The van der Waals surface area contributed by atoms with Crippen molar-refractivity contribution in [1.29, 1.82) is 0 Å². The predicted molar refractivity (Wildman–Crippen MR) is 81.8 cm³/mol. The van der Waals surface area contributed by atoms with Gasteiger partial charge < -0.3 is 11.1 Å². The van der Waals surface area contributed by atoms with Crippen LogP contribution in [0.5, 0.6) is 0 Å². The summed E-state index contributed by atoms with van der Waals surface area (Å²) in [6.45, 7) is 2.35. The Labute approximate surface area is 122 Å². The average Bonchev–Trinajstić information content (AvgIpc) is 2.94. The van der Waals surface area contributed by atoms with Crippen molar-refractivity contribution in [2.24, 2.45) is 5.73 Å². The van der Waals surface area contributed by atoms with Gasteiger partial charge in [0.2, 0.25) is 0 Å². The number of amides is 1. The van der Waals surface area contributed by atoms with Crippen molar-refractivity contribution < 1.29 is 4.79 Å². The smallest absolute Gasteiger partial charge is 0.266 e. The lowest BCUT2D eigenvalue weighted by atomic mass is 10.3. The molecular weight excluding hydrogens is 270 g/mol. The molecular formula is C15H15N3OS. The second-order valence-corrected chi connectivity index (χ2v) is 5.16. The summed E-state index contributed by atoms with van der Waals surface area (Å²) in [5, 5.41) is 2.77. The minimum absolute atomic E-state index is 0.147. The predicted octanol–water partition coefficient (Wildman–Crippen LogP) is 2.27. The summed E-state index contributed by atoms with van der Waals surface area (Å²) >= 11 is 1.49. The van der Waals surface area contributed by atoms with Gasteiger partial charge >= 0.3 is 0 Å². The highest BCUT2D eigenvalue weighted by Crippen LogP contribution is 2.18. The molecule has 0 saturated carbocycles. The lowest BCUT2D eigenvalue weighted by molar-refractivity contribution is 0.103. The minimum atomic E-state index is -0.147. The molecule has 0 aliphatic heterocycles.